The Balaban J connectivity index is 1.29. The van der Waals surface area contributed by atoms with Crippen LogP contribution in [0.25, 0.3) is 0 Å². The summed E-state index contributed by atoms with van der Waals surface area (Å²) in [4.78, 5) is 35.6. The van der Waals surface area contributed by atoms with E-state index in [1.54, 1.807) is 20.0 Å². The van der Waals surface area contributed by atoms with Gasteiger partial charge in [-0.25, -0.2) is 19.7 Å². The fraction of sp³-hybridized carbons (Fsp3) is 0.321. The predicted molar refractivity (Wildman–Crippen MR) is 139 cm³/mol. The number of H-pyrrole nitrogens is 1. The fourth-order valence-electron chi connectivity index (χ4n) is 4.90. The summed E-state index contributed by atoms with van der Waals surface area (Å²) >= 11 is 0. The third kappa shape index (κ3) is 6.00. The van der Waals surface area contributed by atoms with Gasteiger partial charge in [-0.3, -0.25) is 9.88 Å². The summed E-state index contributed by atoms with van der Waals surface area (Å²) in [6.07, 6.45) is 9.72. The molecule has 9 heteroatoms. The number of ether oxygens (including phenoxy) is 1. The molecule has 37 heavy (non-hydrogen) atoms. The van der Waals surface area contributed by atoms with E-state index >= 15 is 0 Å². The highest BCUT2D eigenvalue weighted by Gasteiger charge is 2.28. The summed E-state index contributed by atoms with van der Waals surface area (Å²) < 4.78 is 5.46. The third-order valence-corrected chi connectivity index (χ3v) is 6.68. The number of hydrogen-bond acceptors (Lipinski definition) is 7. The highest BCUT2D eigenvalue weighted by Crippen LogP contribution is 2.34. The van der Waals surface area contributed by atoms with Crippen molar-refractivity contribution in [3.05, 3.63) is 101 Å². The number of carbonyl (C=O) groups excluding carboxylic acids is 1. The molecule has 1 atom stereocenters. The molecule has 4 aromatic rings. The lowest BCUT2D eigenvalue weighted by molar-refractivity contribution is 0.153. The number of rotatable bonds is 8. The Bertz CT molecular complexity index is 1340. The largest absolute Gasteiger partial charge is 0.412 e. The number of aryl methyl sites for hydroxylation is 3. The van der Waals surface area contributed by atoms with Crippen LogP contribution in [0.1, 0.15) is 58.5 Å². The van der Waals surface area contributed by atoms with Crippen LogP contribution in [0.15, 0.2) is 61.3 Å². The van der Waals surface area contributed by atoms with Crippen LogP contribution in [0.3, 0.4) is 0 Å². The molecule has 9 nitrogen and oxygen atoms in total. The van der Waals surface area contributed by atoms with Crippen LogP contribution in [-0.2, 0) is 26.1 Å². The molecule has 1 unspecified atom stereocenters. The highest BCUT2D eigenvalue weighted by molar-refractivity contribution is 5.70. The molecular formula is C28H31N7O2. The molecule has 3 aromatic heterocycles. The monoisotopic (exact) mass is 497 g/mol. The molecule has 0 saturated heterocycles. The van der Waals surface area contributed by atoms with Gasteiger partial charge >= 0.3 is 6.09 Å². The molecule has 0 spiro atoms. The van der Waals surface area contributed by atoms with E-state index in [-0.39, 0.29) is 6.04 Å². The second-order valence-electron chi connectivity index (χ2n) is 9.33. The maximum absolute atomic E-state index is 12.4. The number of imidazole rings is 1. The molecule has 0 aliphatic heterocycles. The second-order valence-corrected chi connectivity index (χ2v) is 9.33. The first-order chi connectivity index (χ1) is 18.1. The minimum Gasteiger partial charge on any atom is -0.406 e. The van der Waals surface area contributed by atoms with Crippen molar-refractivity contribution in [3.63, 3.8) is 0 Å². The van der Waals surface area contributed by atoms with Crippen LogP contribution in [-0.4, -0.2) is 35.9 Å². The number of pyridine rings is 1. The molecule has 1 aliphatic carbocycles. The Labute approximate surface area is 216 Å². The number of aromatic nitrogens is 5. The van der Waals surface area contributed by atoms with Gasteiger partial charge in [0.1, 0.15) is 12.2 Å². The Hall–Kier alpha value is -4.11. The van der Waals surface area contributed by atoms with Crippen molar-refractivity contribution in [2.24, 2.45) is 0 Å². The molecule has 1 aromatic carbocycles. The topological polar surface area (TPSA) is 109 Å². The van der Waals surface area contributed by atoms with E-state index in [0.29, 0.717) is 30.2 Å². The summed E-state index contributed by atoms with van der Waals surface area (Å²) in [5.74, 6) is 1.32. The first-order valence-corrected chi connectivity index (χ1v) is 12.5. The van der Waals surface area contributed by atoms with Gasteiger partial charge in [0.05, 0.1) is 29.7 Å². The number of aromatic amines is 1. The minimum absolute atomic E-state index is 0.214. The lowest BCUT2D eigenvalue weighted by Crippen LogP contribution is -2.32. The molecule has 190 valence electrons. The zero-order valence-electron chi connectivity index (χ0n) is 21.1. The van der Waals surface area contributed by atoms with Crippen molar-refractivity contribution >= 4 is 6.09 Å². The van der Waals surface area contributed by atoms with E-state index < -0.39 is 6.09 Å². The van der Waals surface area contributed by atoms with Gasteiger partial charge < -0.3 is 15.0 Å². The second kappa shape index (κ2) is 11.3. The van der Waals surface area contributed by atoms with Gasteiger partial charge in [0.2, 0.25) is 0 Å². The lowest BCUT2D eigenvalue weighted by atomic mass is 9.90. The average Bonchev–Trinajstić information content (AvgIpc) is 3.42. The highest BCUT2D eigenvalue weighted by atomic mass is 16.6. The van der Waals surface area contributed by atoms with Crippen LogP contribution in [0.4, 0.5) is 4.79 Å². The molecule has 0 fully saturated rings. The van der Waals surface area contributed by atoms with E-state index in [1.165, 1.54) is 11.9 Å². The summed E-state index contributed by atoms with van der Waals surface area (Å²) in [5, 5.41) is 2.84. The number of nitrogens with zero attached hydrogens (tertiary/aromatic N) is 5. The number of fused-ring (bicyclic) bond motifs is 1. The third-order valence-electron chi connectivity index (χ3n) is 6.68. The molecule has 2 N–H and O–H groups in total. The lowest BCUT2D eigenvalue weighted by Gasteiger charge is -2.34. The molecule has 5 rings (SSSR count). The van der Waals surface area contributed by atoms with Crippen molar-refractivity contribution in [2.45, 2.75) is 58.8 Å². The van der Waals surface area contributed by atoms with Crippen molar-refractivity contribution in [2.75, 3.05) is 0 Å². The van der Waals surface area contributed by atoms with Crippen LogP contribution in [0.5, 0.6) is 5.75 Å². The molecule has 1 aliphatic rings. The van der Waals surface area contributed by atoms with Gasteiger partial charge in [-0.1, -0.05) is 30.3 Å². The number of benzene rings is 1. The number of amides is 1. The van der Waals surface area contributed by atoms with Crippen molar-refractivity contribution in [1.29, 1.82) is 0 Å². The van der Waals surface area contributed by atoms with Gasteiger partial charge in [-0.15, -0.1) is 0 Å². The summed E-state index contributed by atoms with van der Waals surface area (Å²) in [6, 6.07) is 12.7. The van der Waals surface area contributed by atoms with Gasteiger partial charge in [-0.05, 0) is 55.9 Å². The quantitative estimate of drug-likeness (QED) is 0.367. The Kier molecular flexibility index (Phi) is 7.51. The van der Waals surface area contributed by atoms with Crippen LogP contribution >= 0.6 is 0 Å². The Morgan fingerprint density at radius 2 is 1.89 bits per heavy atom. The summed E-state index contributed by atoms with van der Waals surface area (Å²) in [6.45, 7) is 5.36. The van der Waals surface area contributed by atoms with E-state index in [2.05, 4.69) is 48.4 Å². The first-order valence-electron chi connectivity index (χ1n) is 12.5. The van der Waals surface area contributed by atoms with E-state index in [4.69, 9.17) is 9.72 Å². The maximum atomic E-state index is 12.4. The van der Waals surface area contributed by atoms with Gasteiger partial charge in [-0.2, -0.15) is 0 Å². The zero-order valence-corrected chi connectivity index (χ0v) is 21.1. The van der Waals surface area contributed by atoms with E-state index in [0.717, 1.165) is 48.5 Å². The SMILES string of the molecule is Cc1ncnc(C)c1OC(=O)NCc1cccc(CN(Cc2ncc[nH]2)C2CCCc3cccnc32)c1. The standard InChI is InChI=1S/C28H31N7O2/c1-19-27(20(2)34-18-33-19)37-28(36)32-15-21-6-3-7-22(14-21)16-35(17-25-29-12-13-30-25)24-10-4-8-23-9-5-11-31-26(23)24/h3,5-7,9,11-14,18,24H,4,8,10,15-17H2,1-2H3,(H,29,30)(H,32,36). The zero-order chi connectivity index (χ0) is 25.6. The molecular weight excluding hydrogens is 466 g/mol. The Morgan fingerprint density at radius 1 is 1.05 bits per heavy atom. The number of nitrogens with one attached hydrogen (secondary N) is 2. The van der Waals surface area contributed by atoms with E-state index in [9.17, 15) is 4.79 Å². The molecule has 0 bridgehead atoms. The van der Waals surface area contributed by atoms with Crippen molar-refractivity contribution in [1.82, 2.24) is 35.1 Å². The fourth-order valence-corrected chi connectivity index (χ4v) is 4.90. The van der Waals surface area contributed by atoms with Crippen molar-refractivity contribution < 1.29 is 9.53 Å². The number of hydrogen-bond donors (Lipinski definition) is 2. The van der Waals surface area contributed by atoms with Gasteiger partial charge in [0.25, 0.3) is 0 Å². The predicted octanol–water partition coefficient (Wildman–Crippen LogP) is 4.58. The summed E-state index contributed by atoms with van der Waals surface area (Å²) in [5.41, 5.74) is 5.89. The van der Waals surface area contributed by atoms with E-state index in [1.807, 2.05) is 30.6 Å². The van der Waals surface area contributed by atoms with Crippen LogP contribution < -0.4 is 10.1 Å². The Morgan fingerprint density at radius 3 is 2.70 bits per heavy atom. The van der Waals surface area contributed by atoms with Gasteiger partial charge in [0.15, 0.2) is 5.75 Å². The molecule has 1 amide bonds. The molecule has 0 saturated carbocycles. The molecule has 0 radical (unpaired) electrons. The normalized spacial score (nSPS) is 14.8. The summed E-state index contributed by atoms with van der Waals surface area (Å²) in [7, 11) is 0. The smallest absolute Gasteiger partial charge is 0.406 e. The van der Waals surface area contributed by atoms with Crippen LogP contribution in [0.2, 0.25) is 0 Å². The molecule has 3 heterocycles. The van der Waals surface area contributed by atoms with Crippen molar-refractivity contribution in [3.8, 4) is 5.75 Å². The first kappa shape index (κ1) is 24.6. The minimum atomic E-state index is -0.532. The maximum Gasteiger partial charge on any atom is 0.412 e. The average molecular weight is 498 g/mol. The van der Waals surface area contributed by atoms with Gasteiger partial charge in [0, 0.05) is 31.7 Å². The van der Waals surface area contributed by atoms with Crippen LogP contribution in [0, 0.1) is 13.8 Å². The number of carbonyl (C=O) groups is 1.